The molecule has 0 aromatic heterocycles. The molecule has 26 heavy (non-hydrogen) atoms. The second kappa shape index (κ2) is 7.78. The number of hydroxylamine groups is 2. The number of esters is 2. The highest BCUT2D eigenvalue weighted by molar-refractivity contribution is 5.98. The molecule has 0 aromatic carbocycles. The molecule has 1 N–H and O–H groups in total. The van der Waals surface area contributed by atoms with Gasteiger partial charge < -0.3 is 25.1 Å². The van der Waals surface area contributed by atoms with Crippen LogP contribution in [0.25, 0.3) is 0 Å². The molecule has 2 aliphatic rings. The van der Waals surface area contributed by atoms with Crippen molar-refractivity contribution < 1.29 is 19.1 Å². The van der Waals surface area contributed by atoms with Gasteiger partial charge in [-0.05, 0) is 46.9 Å². The van der Waals surface area contributed by atoms with Gasteiger partial charge in [0.05, 0.1) is 35.8 Å². The van der Waals surface area contributed by atoms with Gasteiger partial charge >= 0.3 is 11.9 Å². The minimum Gasteiger partial charge on any atom is -0.758 e. The van der Waals surface area contributed by atoms with Crippen molar-refractivity contribution in [2.75, 3.05) is 13.2 Å². The second-order valence-electron chi connectivity index (χ2n) is 6.33. The molecule has 0 fully saturated rings. The monoisotopic (exact) mass is 361 g/mol. The molecule has 1 unspecified atom stereocenters. The molecule has 0 spiro atoms. The molecule has 0 saturated heterocycles. The van der Waals surface area contributed by atoms with E-state index < -0.39 is 23.4 Å². The van der Waals surface area contributed by atoms with Crippen molar-refractivity contribution in [2.45, 2.75) is 40.2 Å². The number of dihydropyridines is 1. The first-order valence-electron chi connectivity index (χ1n) is 8.63. The van der Waals surface area contributed by atoms with Crippen LogP contribution in [0.3, 0.4) is 0 Å². The average molecular weight is 361 g/mol. The van der Waals surface area contributed by atoms with Crippen LogP contribution >= 0.6 is 0 Å². The Morgan fingerprint density at radius 2 is 1.62 bits per heavy atom. The van der Waals surface area contributed by atoms with E-state index >= 15 is 0 Å². The Bertz CT molecular complexity index is 679. The molecule has 2 heterocycles. The topological polar surface area (TPSA) is 90.9 Å². The fourth-order valence-corrected chi connectivity index (χ4v) is 3.37. The Hall–Kier alpha value is -2.54. The van der Waals surface area contributed by atoms with Crippen molar-refractivity contribution in [1.82, 2.24) is 10.4 Å². The first-order chi connectivity index (χ1) is 12.3. The summed E-state index contributed by atoms with van der Waals surface area (Å²) < 4.78 is 10.4. The van der Waals surface area contributed by atoms with Gasteiger partial charge in [-0.25, -0.2) is 9.59 Å². The molecular formula is C19H25N2O5-. The van der Waals surface area contributed by atoms with E-state index in [1.807, 2.05) is 0 Å². The summed E-state index contributed by atoms with van der Waals surface area (Å²) in [4.78, 5) is 25.4. The maximum Gasteiger partial charge on any atom is 0.336 e. The lowest BCUT2D eigenvalue weighted by Gasteiger charge is -2.51. The zero-order chi connectivity index (χ0) is 19.5. The minimum atomic E-state index is -1.18. The molecule has 2 rings (SSSR count). The van der Waals surface area contributed by atoms with Crippen molar-refractivity contribution in [1.29, 1.82) is 0 Å². The first-order valence-corrected chi connectivity index (χ1v) is 8.63. The predicted molar refractivity (Wildman–Crippen MR) is 97.2 cm³/mol. The summed E-state index contributed by atoms with van der Waals surface area (Å²) in [5, 5.41) is 16.5. The largest absolute Gasteiger partial charge is 0.758 e. The molecule has 0 aliphatic carbocycles. The third-order valence-electron chi connectivity index (χ3n) is 4.58. The van der Waals surface area contributed by atoms with Crippen LogP contribution in [-0.2, 0) is 19.1 Å². The van der Waals surface area contributed by atoms with Crippen LogP contribution in [0, 0.1) is 11.1 Å². The van der Waals surface area contributed by atoms with E-state index in [4.69, 9.17) is 9.47 Å². The molecule has 0 radical (unpaired) electrons. The molecule has 142 valence electrons. The normalized spacial score (nSPS) is 23.2. The zero-order valence-electron chi connectivity index (χ0n) is 15.8. The highest BCUT2D eigenvalue weighted by Gasteiger charge is 2.47. The van der Waals surface area contributed by atoms with Crippen LogP contribution in [0.1, 0.15) is 34.6 Å². The number of hydrogen-bond acceptors (Lipinski definition) is 7. The van der Waals surface area contributed by atoms with Crippen LogP contribution in [0.15, 0.2) is 47.0 Å². The lowest BCUT2D eigenvalue weighted by molar-refractivity contribution is -0.140. The summed E-state index contributed by atoms with van der Waals surface area (Å²) in [6.45, 7) is 8.93. The van der Waals surface area contributed by atoms with Gasteiger partial charge in [-0.3, -0.25) is 0 Å². The number of rotatable bonds is 5. The maximum atomic E-state index is 12.7. The average Bonchev–Trinajstić information content (AvgIpc) is 2.57. The third kappa shape index (κ3) is 3.39. The van der Waals surface area contributed by atoms with Gasteiger partial charge in [0, 0.05) is 11.4 Å². The fraction of sp³-hybridized carbons (Fsp3) is 0.474. The summed E-state index contributed by atoms with van der Waals surface area (Å²) in [7, 11) is 0. The summed E-state index contributed by atoms with van der Waals surface area (Å²) in [5.74, 6) is -1.95. The van der Waals surface area contributed by atoms with Gasteiger partial charge in [0.15, 0.2) is 0 Å². The number of carbonyl (C=O) groups excluding carboxylic acids is 2. The van der Waals surface area contributed by atoms with Gasteiger partial charge in [-0.2, -0.15) is 0 Å². The third-order valence-corrected chi connectivity index (χ3v) is 4.58. The fourth-order valence-electron chi connectivity index (χ4n) is 3.37. The predicted octanol–water partition coefficient (Wildman–Crippen LogP) is 2.52. The van der Waals surface area contributed by atoms with E-state index in [0.717, 1.165) is 5.06 Å². The first kappa shape index (κ1) is 19.8. The standard InChI is InChI=1S/C19H25N2O5/c1-6-25-17(22)14-12(3)20-13(4)15(18(23)26-7-2)16(14)19(5)10-8-9-11-21(19)24/h8-11,16,20H,6-7H2,1-5H3/q-1. The molecule has 2 aliphatic heterocycles. The zero-order valence-corrected chi connectivity index (χ0v) is 15.8. The highest BCUT2D eigenvalue weighted by atomic mass is 16.5. The molecule has 7 heteroatoms. The van der Waals surface area contributed by atoms with Crippen LogP contribution in [0.5, 0.6) is 0 Å². The summed E-state index contributed by atoms with van der Waals surface area (Å²) in [6, 6.07) is 0. The Morgan fingerprint density at radius 3 is 2.04 bits per heavy atom. The van der Waals surface area contributed by atoms with Crippen LogP contribution < -0.4 is 5.32 Å². The molecule has 0 amide bonds. The number of hydrogen-bond donors (Lipinski definition) is 1. The highest BCUT2D eigenvalue weighted by Crippen LogP contribution is 2.43. The van der Waals surface area contributed by atoms with Gasteiger partial charge in [-0.1, -0.05) is 12.2 Å². The van der Waals surface area contributed by atoms with Crippen molar-refractivity contribution >= 4 is 11.9 Å². The van der Waals surface area contributed by atoms with Crippen molar-refractivity contribution in [3.8, 4) is 0 Å². The van der Waals surface area contributed by atoms with Crippen molar-refractivity contribution in [3.05, 3.63) is 52.2 Å². The van der Waals surface area contributed by atoms with E-state index in [1.54, 1.807) is 52.8 Å². The SMILES string of the molecule is CCOC(=O)C1=C(C)NC(C)=C(C(=O)OCC)C1C1(C)C=CC=CN1[O-]. The number of allylic oxidation sites excluding steroid dienone is 4. The Balaban J connectivity index is 2.66. The van der Waals surface area contributed by atoms with Crippen molar-refractivity contribution in [3.63, 3.8) is 0 Å². The number of nitrogens with one attached hydrogen (secondary N) is 1. The minimum absolute atomic E-state index is 0.188. The van der Waals surface area contributed by atoms with Crippen LogP contribution in [0.4, 0.5) is 0 Å². The Morgan fingerprint density at radius 1 is 1.12 bits per heavy atom. The van der Waals surface area contributed by atoms with Gasteiger partial charge in [0.25, 0.3) is 0 Å². The summed E-state index contributed by atoms with van der Waals surface area (Å²) in [6.07, 6.45) is 6.40. The Labute approximate surface area is 153 Å². The maximum absolute atomic E-state index is 12.7. The van der Waals surface area contributed by atoms with E-state index in [2.05, 4.69) is 5.32 Å². The van der Waals surface area contributed by atoms with Gasteiger partial charge in [0.1, 0.15) is 0 Å². The smallest absolute Gasteiger partial charge is 0.336 e. The number of ether oxygens (including phenoxy) is 2. The van der Waals surface area contributed by atoms with E-state index in [0.29, 0.717) is 11.4 Å². The molecule has 0 bridgehead atoms. The van der Waals surface area contributed by atoms with Gasteiger partial charge in [-0.15, -0.1) is 0 Å². The summed E-state index contributed by atoms with van der Waals surface area (Å²) >= 11 is 0. The molecular weight excluding hydrogens is 336 g/mol. The van der Waals surface area contributed by atoms with Crippen molar-refractivity contribution in [2.24, 2.45) is 5.92 Å². The molecule has 1 atom stereocenters. The Kier molecular flexibility index (Phi) is 5.92. The number of nitrogens with zero attached hydrogens (tertiary/aromatic N) is 1. The van der Waals surface area contributed by atoms with E-state index in [1.165, 1.54) is 6.20 Å². The molecule has 0 saturated carbocycles. The number of carbonyl (C=O) groups is 2. The second-order valence-corrected chi connectivity index (χ2v) is 6.33. The van der Waals surface area contributed by atoms with E-state index in [9.17, 15) is 14.8 Å². The summed E-state index contributed by atoms with van der Waals surface area (Å²) in [5.41, 5.74) is 0.435. The quantitative estimate of drug-likeness (QED) is 0.752. The lowest BCUT2D eigenvalue weighted by atomic mass is 9.71. The van der Waals surface area contributed by atoms with Crippen LogP contribution in [0.2, 0.25) is 0 Å². The molecule has 0 aromatic rings. The van der Waals surface area contributed by atoms with Gasteiger partial charge in [0.2, 0.25) is 0 Å². The lowest BCUT2D eigenvalue weighted by Crippen LogP contribution is -2.52. The van der Waals surface area contributed by atoms with Crippen LogP contribution in [-0.4, -0.2) is 35.8 Å². The van der Waals surface area contributed by atoms with E-state index in [-0.39, 0.29) is 24.4 Å². The molecule has 7 nitrogen and oxygen atoms in total.